The van der Waals surface area contributed by atoms with Gasteiger partial charge in [-0.3, -0.25) is 0 Å². The van der Waals surface area contributed by atoms with Gasteiger partial charge in [0.05, 0.1) is 10.7 Å². The van der Waals surface area contributed by atoms with E-state index in [1.165, 1.54) is 0 Å². The highest BCUT2D eigenvalue weighted by Crippen LogP contribution is 2.24. The highest BCUT2D eigenvalue weighted by molar-refractivity contribution is 14.1. The van der Waals surface area contributed by atoms with Gasteiger partial charge >= 0.3 is 0 Å². The van der Waals surface area contributed by atoms with Crippen LogP contribution in [0.1, 0.15) is 6.42 Å². The lowest BCUT2D eigenvalue weighted by Crippen LogP contribution is -2.27. The molecule has 0 spiro atoms. The smallest absolute Gasteiger partial charge is 0.116 e. The van der Waals surface area contributed by atoms with Crippen molar-refractivity contribution >= 4 is 53.2 Å². The quantitative estimate of drug-likeness (QED) is 0.492. The zero-order valence-electron chi connectivity index (χ0n) is 9.34. The van der Waals surface area contributed by atoms with E-state index in [4.69, 9.17) is 19.4 Å². The summed E-state index contributed by atoms with van der Waals surface area (Å²) in [7, 11) is 5.75. The molecule has 17 heavy (non-hydrogen) atoms. The fraction of sp³-hybridized carbons (Fsp3) is 0.333. The van der Waals surface area contributed by atoms with E-state index >= 15 is 0 Å². The van der Waals surface area contributed by atoms with Gasteiger partial charge in [-0.1, -0.05) is 58.4 Å². The van der Waals surface area contributed by atoms with Crippen LogP contribution in [0.3, 0.4) is 0 Å². The third-order valence-corrected chi connectivity index (χ3v) is 4.19. The summed E-state index contributed by atoms with van der Waals surface area (Å²) in [5.41, 5.74) is 2.34. The van der Waals surface area contributed by atoms with Crippen molar-refractivity contribution in [2.24, 2.45) is 0 Å². The Balaban J connectivity index is 2.06. The molecule has 2 atom stereocenters. The van der Waals surface area contributed by atoms with Crippen molar-refractivity contribution in [1.29, 1.82) is 0 Å². The molecule has 0 aliphatic carbocycles. The first kappa shape index (κ1) is 13.2. The van der Waals surface area contributed by atoms with E-state index in [1.807, 2.05) is 12.1 Å². The molecule has 0 saturated carbocycles. The molecule has 2 radical (unpaired) electrons. The third-order valence-electron chi connectivity index (χ3n) is 2.82. The van der Waals surface area contributed by atoms with Gasteiger partial charge in [-0.05, 0) is 12.5 Å². The lowest BCUT2D eigenvalue weighted by atomic mass is 9.95. The molecule has 2 rings (SSSR count). The first-order valence-electron chi connectivity index (χ1n) is 5.45. The van der Waals surface area contributed by atoms with Crippen LogP contribution in [0.5, 0.6) is 0 Å². The first-order chi connectivity index (χ1) is 8.08. The molecule has 5 heteroatoms. The lowest BCUT2D eigenvalue weighted by Gasteiger charge is -2.17. The molecular formula is C12H13BClIN2. The topological polar surface area (TPSA) is 24.1 Å². The Labute approximate surface area is 122 Å². The second-order valence-corrected chi connectivity index (χ2v) is 6.29. The zero-order chi connectivity index (χ0) is 12.4. The Morgan fingerprint density at radius 1 is 1.59 bits per heavy atom. The number of halogens is 2. The van der Waals surface area contributed by atoms with Crippen molar-refractivity contribution in [3.63, 3.8) is 0 Å². The van der Waals surface area contributed by atoms with Crippen LogP contribution < -0.4 is 16.1 Å². The third kappa shape index (κ3) is 3.17. The van der Waals surface area contributed by atoms with Crippen molar-refractivity contribution in [2.75, 3.05) is 11.9 Å². The number of hydrogen-bond donors (Lipinski definition) is 2. The monoisotopic (exact) mass is 358 g/mol. The molecule has 0 aromatic heterocycles. The van der Waals surface area contributed by atoms with Crippen molar-refractivity contribution in [3.8, 4) is 0 Å². The number of nitrogens with one attached hydrogen (secondary N) is 2. The van der Waals surface area contributed by atoms with Crippen LogP contribution in [0.2, 0.25) is 5.02 Å². The average Bonchev–Trinajstić information content (AvgIpc) is 2.72. The van der Waals surface area contributed by atoms with Crippen LogP contribution in [0, 0.1) is 0 Å². The fourth-order valence-electron chi connectivity index (χ4n) is 1.86. The van der Waals surface area contributed by atoms with Gasteiger partial charge in [0.1, 0.15) is 7.85 Å². The molecule has 0 amide bonds. The summed E-state index contributed by atoms with van der Waals surface area (Å²) in [6.07, 6.45) is 1.09. The largest absolute Gasteiger partial charge is 0.357 e. The molecule has 1 heterocycles. The predicted molar refractivity (Wildman–Crippen MR) is 83.8 cm³/mol. The van der Waals surface area contributed by atoms with E-state index in [2.05, 4.69) is 39.8 Å². The molecule has 88 valence electrons. The summed E-state index contributed by atoms with van der Waals surface area (Å²) in [5.74, 6) is 0. The van der Waals surface area contributed by atoms with Gasteiger partial charge in [0.15, 0.2) is 0 Å². The minimum absolute atomic E-state index is 0.300. The standard InChI is InChI=1S/C12H13BClIN2/c1-7(11-5-8(15)6-16-11)17-10-4-2-3-9(13)12(10)14/h2-4,8,11,16-17H,1,5-6H2/t8-,11+/m1/s1. The van der Waals surface area contributed by atoms with Gasteiger partial charge < -0.3 is 10.6 Å². The van der Waals surface area contributed by atoms with Crippen molar-refractivity contribution in [2.45, 2.75) is 16.4 Å². The van der Waals surface area contributed by atoms with Gasteiger partial charge in [0.25, 0.3) is 0 Å². The molecule has 1 aromatic rings. The molecular weight excluding hydrogens is 345 g/mol. The Morgan fingerprint density at radius 3 is 3.00 bits per heavy atom. The van der Waals surface area contributed by atoms with Gasteiger partial charge in [-0.25, -0.2) is 0 Å². The number of benzene rings is 1. The van der Waals surface area contributed by atoms with Crippen molar-refractivity contribution in [3.05, 3.63) is 35.5 Å². The summed E-state index contributed by atoms with van der Waals surface area (Å²) in [6, 6.07) is 5.86. The van der Waals surface area contributed by atoms with E-state index < -0.39 is 0 Å². The second-order valence-electron chi connectivity index (χ2n) is 4.15. The summed E-state index contributed by atoms with van der Waals surface area (Å²) in [4.78, 5) is 0. The fourth-order valence-corrected chi connectivity index (χ4v) is 2.80. The maximum absolute atomic E-state index is 6.12. The molecule has 0 unspecified atom stereocenters. The molecule has 2 N–H and O–H groups in total. The number of alkyl halides is 1. The maximum Gasteiger partial charge on any atom is 0.116 e. The zero-order valence-corrected chi connectivity index (χ0v) is 12.3. The molecule has 2 nitrogen and oxygen atoms in total. The summed E-state index contributed by atoms with van der Waals surface area (Å²) in [6.45, 7) is 5.09. The molecule has 1 saturated heterocycles. The number of hydrogen-bond acceptors (Lipinski definition) is 2. The first-order valence-corrected chi connectivity index (χ1v) is 7.07. The van der Waals surface area contributed by atoms with Gasteiger partial charge in [-0.15, -0.1) is 0 Å². The van der Waals surface area contributed by atoms with Crippen LogP contribution in [-0.2, 0) is 0 Å². The van der Waals surface area contributed by atoms with E-state index in [9.17, 15) is 0 Å². The average molecular weight is 358 g/mol. The summed E-state index contributed by atoms with van der Waals surface area (Å²) in [5, 5.41) is 7.21. The highest BCUT2D eigenvalue weighted by Gasteiger charge is 2.24. The van der Waals surface area contributed by atoms with Crippen LogP contribution >= 0.6 is 34.2 Å². The Kier molecular flexibility index (Phi) is 4.39. The Morgan fingerprint density at radius 2 is 2.35 bits per heavy atom. The predicted octanol–water partition coefficient (Wildman–Crippen LogP) is 2.22. The van der Waals surface area contributed by atoms with Crippen LogP contribution in [0.15, 0.2) is 30.5 Å². The van der Waals surface area contributed by atoms with Crippen LogP contribution in [0.25, 0.3) is 0 Å². The maximum atomic E-state index is 6.12. The molecule has 1 aliphatic heterocycles. The number of rotatable bonds is 3. The van der Waals surface area contributed by atoms with Gasteiger partial charge in [-0.2, -0.15) is 0 Å². The molecule has 1 aromatic carbocycles. The normalized spacial score (nSPS) is 23.6. The Bertz CT molecular complexity index is 439. The Hall–Kier alpha value is -0.195. The van der Waals surface area contributed by atoms with Gasteiger partial charge in [0, 0.05) is 22.2 Å². The van der Waals surface area contributed by atoms with Gasteiger partial charge in [0.2, 0.25) is 0 Å². The van der Waals surface area contributed by atoms with Crippen molar-refractivity contribution in [1.82, 2.24) is 5.32 Å². The lowest BCUT2D eigenvalue weighted by molar-refractivity contribution is 0.696. The highest BCUT2D eigenvalue weighted by atomic mass is 127. The van der Waals surface area contributed by atoms with E-state index in [0.29, 0.717) is 20.5 Å². The van der Waals surface area contributed by atoms with Crippen LogP contribution in [-0.4, -0.2) is 24.4 Å². The summed E-state index contributed by atoms with van der Waals surface area (Å²) < 4.78 is 0.660. The molecule has 0 bridgehead atoms. The number of anilines is 1. The van der Waals surface area contributed by atoms with E-state index in [0.717, 1.165) is 24.4 Å². The van der Waals surface area contributed by atoms with Crippen molar-refractivity contribution < 1.29 is 0 Å². The minimum atomic E-state index is 0.300. The SMILES string of the molecule is [B]c1cccc(NC(=C)[C@@H]2C[C@@H](I)CN2)c1Cl. The van der Waals surface area contributed by atoms with E-state index in [1.54, 1.807) is 6.07 Å². The van der Waals surface area contributed by atoms with E-state index in [-0.39, 0.29) is 0 Å². The molecule has 1 fully saturated rings. The molecule has 1 aliphatic rings. The minimum Gasteiger partial charge on any atom is -0.357 e. The van der Waals surface area contributed by atoms with Crippen LogP contribution in [0.4, 0.5) is 5.69 Å². The second kappa shape index (κ2) is 5.63. The summed E-state index contributed by atoms with van der Waals surface area (Å²) >= 11 is 8.57.